The van der Waals surface area contributed by atoms with Gasteiger partial charge in [-0.15, -0.1) is 0 Å². The lowest BCUT2D eigenvalue weighted by Gasteiger charge is -2.18. The number of phenols is 1. The molecule has 0 fully saturated rings. The molecule has 0 aliphatic rings. The van der Waals surface area contributed by atoms with E-state index in [1.165, 1.54) is 6.07 Å². The van der Waals surface area contributed by atoms with Gasteiger partial charge in [-0.25, -0.2) is 0 Å². The summed E-state index contributed by atoms with van der Waals surface area (Å²) in [6, 6.07) is 18.2. The zero-order chi connectivity index (χ0) is 27.9. The van der Waals surface area contributed by atoms with Crippen LogP contribution in [0.25, 0.3) is 10.9 Å². The zero-order valence-corrected chi connectivity index (χ0v) is 22.3. The number of H-pyrrole nitrogens is 1. The molecule has 1 aromatic heterocycles. The van der Waals surface area contributed by atoms with Gasteiger partial charge in [-0.1, -0.05) is 24.3 Å². The summed E-state index contributed by atoms with van der Waals surface area (Å²) in [6.45, 7) is 2.36. The SMILES string of the molecule is COc1cccc(CNC(=O)c2cc3cc(C[C@@H](C)NC[C@@H](O)c4ccc(O)c(CO)c4)ccc3[nH]2)c1OC. The summed E-state index contributed by atoms with van der Waals surface area (Å²) in [7, 11) is 3.14. The molecule has 39 heavy (non-hydrogen) atoms. The molecule has 0 saturated carbocycles. The number of carbonyl (C=O) groups excluding carboxylic acids is 1. The van der Waals surface area contributed by atoms with Crippen LogP contribution < -0.4 is 20.1 Å². The summed E-state index contributed by atoms with van der Waals surface area (Å²) < 4.78 is 10.8. The van der Waals surface area contributed by atoms with Crippen LogP contribution in [0, 0.1) is 0 Å². The lowest BCUT2D eigenvalue weighted by molar-refractivity contribution is 0.0946. The maximum atomic E-state index is 12.9. The Morgan fingerprint density at radius 3 is 2.59 bits per heavy atom. The van der Waals surface area contributed by atoms with E-state index < -0.39 is 6.10 Å². The lowest BCUT2D eigenvalue weighted by Crippen LogP contribution is -2.32. The van der Waals surface area contributed by atoms with Crippen LogP contribution in [0.15, 0.2) is 60.7 Å². The monoisotopic (exact) mass is 533 g/mol. The molecule has 0 unspecified atom stereocenters. The number of aliphatic hydroxyl groups excluding tert-OH is 2. The van der Waals surface area contributed by atoms with Crippen molar-refractivity contribution in [2.45, 2.75) is 38.6 Å². The molecular weight excluding hydrogens is 498 g/mol. The third-order valence-corrected chi connectivity index (χ3v) is 6.71. The van der Waals surface area contributed by atoms with Gasteiger partial charge < -0.3 is 40.4 Å². The highest BCUT2D eigenvalue weighted by Crippen LogP contribution is 2.30. The van der Waals surface area contributed by atoms with Crippen molar-refractivity contribution in [2.24, 2.45) is 0 Å². The van der Waals surface area contributed by atoms with Gasteiger partial charge in [-0.05, 0) is 60.9 Å². The van der Waals surface area contributed by atoms with Gasteiger partial charge in [0.2, 0.25) is 0 Å². The van der Waals surface area contributed by atoms with Crippen LogP contribution in [0.3, 0.4) is 0 Å². The fourth-order valence-corrected chi connectivity index (χ4v) is 4.59. The number of aromatic nitrogens is 1. The number of amides is 1. The van der Waals surface area contributed by atoms with Gasteiger partial charge in [-0.2, -0.15) is 0 Å². The molecule has 1 heterocycles. The number of aromatic hydroxyl groups is 1. The number of rotatable bonds is 12. The van der Waals surface area contributed by atoms with Crippen molar-refractivity contribution < 1.29 is 29.6 Å². The van der Waals surface area contributed by atoms with E-state index in [0.717, 1.165) is 28.5 Å². The maximum absolute atomic E-state index is 12.9. The first-order valence-corrected chi connectivity index (χ1v) is 12.8. The molecule has 0 saturated heterocycles. The molecule has 206 valence electrons. The molecule has 2 atom stereocenters. The number of methoxy groups -OCH3 is 2. The van der Waals surface area contributed by atoms with E-state index in [2.05, 4.69) is 21.7 Å². The standard InChI is InChI=1S/C30H35N3O6/c1-18(31-16-27(36)20-8-10-26(35)23(13-20)17-34)11-19-7-9-24-22(12-19)14-25(33-24)30(37)32-15-21-5-4-6-28(38-2)29(21)39-3/h4-10,12-14,18,27,31,33-36H,11,15-17H2,1-3H3,(H,32,37)/t18-,27-/m1/s1. The van der Waals surface area contributed by atoms with Crippen LogP contribution >= 0.6 is 0 Å². The highest BCUT2D eigenvalue weighted by molar-refractivity contribution is 5.98. The molecule has 1 amide bonds. The Kier molecular flexibility index (Phi) is 9.08. The van der Waals surface area contributed by atoms with Crippen molar-refractivity contribution in [3.8, 4) is 17.2 Å². The van der Waals surface area contributed by atoms with Gasteiger partial charge in [0, 0.05) is 41.2 Å². The van der Waals surface area contributed by atoms with E-state index in [-0.39, 0.29) is 24.3 Å². The summed E-state index contributed by atoms with van der Waals surface area (Å²) in [5.41, 5.74) is 4.25. The average Bonchev–Trinajstić information content (AvgIpc) is 3.38. The number of fused-ring (bicyclic) bond motifs is 1. The number of hydrogen-bond acceptors (Lipinski definition) is 7. The Hall–Kier alpha value is -4.05. The van der Waals surface area contributed by atoms with E-state index in [4.69, 9.17) is 9.47 Å². The van der Waals surface area contributed by atoms with Crippen LogP contribution in [0.1, 0.15) is 45.8 Å². The van der Waals surface area contributed by atoms with E-state index in [1.807, 2.05) is 37.3 Å². The van der Waals surface area contributed by atoms with Crippen molar-refractivity contribution >= 4 is 16.8 Å². The van der Waals surface area contributed by atoms with E-state index in [9.17, 15) is 20.1 Å². The number of aliphatic hydroxyl groups is 2. The number of nitrogens with one attached hydrogen (secondary N) is 3. The molecule has 3 aromatic carbocycles. The quantitative estimate of drug-likeness (QED) is 0.164. The first-order chi connectivity index (χ1) is 18.8. The smallest absolute Gasteiger partial charge is 0.267 e. The zero-order valence-electron chi connectivity index (χ0n) is 22.3. The van der Waals surface area contributed by atoms with E-state index in [1.54, 1.807) is 32.4 Å². The van der Waals surface area contributed by atoms with Crippen LogP contribution in [-0.4, -0.2) is 53.0 Å². The first kappa shape index (κ1) is 28.0. The fraction of sp³-hybridized carbons (Fsp3) is 0.300. The molecule has 0 aliphatic heterocycles. The largest absolute Gasteiger partial charge is 0.508 e. The van der Waals surface area contributed by atoms with Gasteiger partial charge in [0.05, 0.1) is 26.9 Å². The van der Waals surface area contributed by atoms with Crippen LogP contribution in [0.2, 0.25) is 0 Å². The predicted octanol–water partition coefficient (Wildman–Crippen LogP) is 3.57. The summed E-state index contributed by atoms with van der Waals surface area (Å²) in [4.78, 5) is 16.0. The predicted molar refractivity (Wildman–Crippen MR) is 149 cm³/mol. The highest BCUT2D eigenvalue weighted by Gasteiger charge is 2.15. The molecule has 0 radical (unpaired) electrons. The Labute approximate surface area is 227 Å². The van der Waals surface area contributed by atoms with Gasteiger partial charge in [0.1, 0.15) is 11.4 Å². The van der Waals surface area contributed by atoms with Gasteiger partial charge in [0.25, 0.3) is 5.91 Å². The Balaban J connectivity index is 1.35. The minimum atomic E-state index is -0.775. The summed E-state index contributed by atoms with van der Waals surface area (Å²) in [5, 5.41) is 36.8. The van der Waals surface area contributed by atoms with Crippen LogP contribution in [-0.2, 0) is 19.6 Å². The topological polar surface area (TPSA) is 136 Å². The van der Waals surface area contributed by atoms with E-state index >= 15 is 0 Å². The minimum absolute atomic E-state index is 0.00709. The summed E-state index contributed by atoms with van der Waals surface area (Å²) in [6.07, 6.45) is -0.0498. The number of ether oxygens (including phenoxy) is 2. The molecule has 4 rings (SSSR count). The third-order valence-electron chi connectivity index (χ3n) is 6.71. The number of carbonyl (C=O) groups is 1. The molecule has 9 nitrogen and oxygen atoms in total. The highest BCUT2D eigenvalue weighted by atomic mass is 16.5. The van der Waals surface area contributed by atoms with Crippen LogP contribution in [0.5, 0.6) is 17.2 Å². The van der Waals surface area contributed by atoms with Crippen molar-refractivity contribution in [3.63, 3.8) is 0 Å². The van der Waals surface area contributed by atoms with Crippen molar-refractivity contribution in [1.29, 1.82) is 0 Å². The first-order valence-electron chi connectivity index (χ1n) is 12.8. The van der Waals surface area contributed by atoms with Crippen LogP contribution in [0.4, 0.5) is 0 Å². The van der Waals surface area contributed by atoms with E-state index in [0.29, 0.717) is 41.4 Å². The van der Waals surface area contributed by atoms with Gasteiger partial charge in [-0.3, -0.25) is 4.79 Å². The van der Waals surface area contributed by atoms with Gasteiger partial charge >= 0.3 is 0 Å². The summed E-state index contributed by atoms with van der Waals surface area (Å²) >= 11 is 0. The van der Waals surface area contributed by atoms with Crippen molar-refractivity contribution in [2.75, 3.05) is 20.8 Å². The Morgan fingerprint density at radius 2 is 1.85 bits per heavy atom. The Bertz CT molecular complexity index is 1430. The molecule has 0 bridgehead atoms. The number of hydrogen-bond donors (Lipinski definition) is 6. The average molecular weight is 534 g/mol. The van der Waals surface area contributed by atoms with Gasteiger partial charge in [0.15, 0.2) is 11.5 Å². The second-order valence-electron chi connectivity index (χ2n) is 9.52. The second kappa shape index (κ2) is 12.7. The molecule has 0 aliphatic carbocycles. The minimum Gasteiger partial charge on any atom is -0.508 e. The Morgan fingerprint density at radius 1 is 1.03 bits per heavy atom. The molecule has 0 spiro atoms. The van der Waals surface area contributed by atoms with Crippen molar-refractivity contribution in [3.05, 3.63) is 88.6 Å². The lowest BCUT2D eigenvalue weighted by atomic mass is 10.0. The number of para-hydroxylation sites is 1. The molecule has 6 N–H and O–H groups in total. The fourth-order valence-electron chi connectivity index (χ4n) is 4.59. The number of benzene rings is 3. The number of aromatic amines is 1. The molecule has 9 heteroatoms. The maximum Gasteiger partial charge on any atom is 0.267 e. The third kappa shape index (κ3) is 6.69. The molecular formula is C30H35N3O6. The molecule has 4 aromatic rings. The normalized spacial score (nSPS) is 12.7. The summed E-state index contributed by atoms with van der Waals surface area (Å²) in [5.74, 6) is 0.986. The second-order valence-corrected chi connectivity index (χ2v) is 9.52. The van der Waals surface area contributed by atoms with Crippen molar-refractivity contribution in [1.82, 2.24) is 15.6 Å².